The highest BCUT2D eigenvalue weighted by molar-refractivity contribution is 7.87. The number of anilines is 2. The van der Waals surface area contributed by atoms with Crippen LogP contribution in [0.15, 0.2) is 5.10 Å². The Balaban J connectivity index is 2.78. The van der Waals surface area contributed by atoms with Gasteiger partial charge in [0.1, 0.15) is 6.34 Å². The number of nitrogen functional groups attached to an aromatic ring is 1. The van der Waals surface area contributed by atoms with E-state index in [-0.39, 0.29) is 22.5 Å². The van der Waals surface area contributed by atoms with Gasteiger partial charge in [0.15, 0.2) is 22.5 Å². The summed E-state index contributed by atoms with van der Waals surface area (Å²) in [4.78, 5) is 21.5. The average Bonchev–Trinajstić information content (AvgIpc) is 2.47. The molecule has 0 aromatic carbocycles. The predicted molar refractivity (Wildman–Crippen MR) is 87.3 cm³/mol. The molecule has 0 aliphatic rings. The molecule has 0 bridgehead atoms. The minimum Gasteiger partial charge on any atom is -0.382 e. The zero-order valence-corrected chi connectivity index (χ0v) is 14.2. The highest BCUT2D eigenvalue weighted by atomic mass is 35.5. The van der Waals surface area contributed by atoms with Gasteiger partial charge < -0.3 is 16.4 Å². The first-order valence-electron chi connectivity index (χ1n) is 6.27. The molecular weight excluding hydrogens is 348 g/mol. The van der Waals surface area contributed by atoms with Crippen molar-refractivity contribution in [2.45, 2.75) is 6.92 Å². The molecule has 0 fully saturated rings. The third kappa shape index (κ3) is 5.19. The number of nitrogens with two attached hydrogens (primary N) is 1. The van der Waals surface area contributed by atoms with Crippen molar-refractivity contribution in [3.05, 3.63) is 10.8 Å². The lowest BCUT2D eigenvalue weighted by atomic mass is 10.4. The second-order valence-corrected chi connectivity index (χ2v) is 6.46. The lowest BCUT2D eigenvalue weighted by Crippen LogP contribution is -2.33. The molecule has 0 saturated carbocycles. The Morgan fingerprint density at radius 2 is 2.09 bits per heavy atom. The van der Waals surface area contributed by atoms with E-state index in [1.165, 1.54) is 14.1 Å². The van der Waals surface area contributed by atoms with Crippen LogP contribution in [0, 0.1) is 0 Å². The van der Waals surface area contributed by atoms with Gasteiger partial charge in [0.2, 0.25) is 0 Å². The van der Waals surface area contributed by atoms with Crippen LogP contribution in [0.1, 0.15) is 17.4 Å². The minimum absolute atomic E-state index is 0.0172. The van der Waals surface area contributed by atoms with E-state index in [0.717, 1.165) is 10.6 Å². The maximum absolute atomic E-state index is 11.9. The number of amides is 1. The van der Waals surface area contributed by atoms with Crippen molar-refractivity contribution in [1.29, 1.82) is 0 Å². The van der Waals surface area contributed by atoms with Crippen LogP contribution in [0.25, 0.3) is 0 Å². The summed E-state index contributed by atoms with van der Waals surface area (Å²) in [5.41, 5.74) is 5.43. The fraction of sp³-hybridized carbons (Fsp3) is 0.400. The number of nitrogens with one attached hydrogen (secondary N) is 3. The second kappa shape index (κ2) is 7.89. The zero-order chi connectivity index (χ0) is 17.6. The first-order chi connectivity index (χ1) is 10.7. The van der Waals surface area contributed by atoms with Gasteiger partial charge in [-0.25, -0.2) is 9.97 Å². The molecule has 11 nitrogen and oxygen atoms in total. The number of rotatable bonds is 7. The van der Waals surface area contributed by atoms with Crippen LogP contribution in [-0.2, 0) is 10.2 Å². The number of nitrogens with zero attached hydrogens (tertiary/aromatic N) is 4. The van der Waals surface area contributed by atoms with Crippen LogP contribution in [0.4, 0.5) is 11.6 Å². The van der Waals surface area contributed by atoms with Crippen LogP contribution >= 0.6 is 11.6 Å². The molecule has 1 aromatic rings. The van der Waals surface area contributed by atoms with Gasteiger partial charge in [-0.1, -0.05) is 11.6 Å². The minimum atomic E-state index is -3.74. The number of hydrogen-bond acceptors (Lipinski definition) is 8. The van der Waals surface area contributed by atoms with Crippen LogP contribution in [0.3, 0.4) is 0 Å². The fourth-order valence-corrected chi connectivity index (χ4v) is 1.75. The Hall–Kier alpha value is -2.18. The Morgan fingerprint density at radius 1 is 1.43 bits per heavy atom. The van der Waals surface area contributed by atoms with Crippen molar-refractivity contribution >= 4 is 45.7 Å². The maximum Gasteiger partial charge on any atom is 0.316 e. The molecule has 1 amide bonds. The quantitative estimate of drug-likeness (QED) is 0.281. The molecule has 0 aliphatic heterocycles. The molecular formula is C10H17ClN8O3S. The van der Waals surface area contributed by atoms with E-state index in [0.29, 0.717) is 6.54 Å². The number of aromatic nitrogens is 2. The Kier molecular flexibility index (Phi) is 6.48. The van der Waals surface area contributed by atoms with E-state index in [9.17, 15) is 13.2 Å². The van der Waals surface area contributed by atoms with Crippen molar-refractivity contribution in [1.82, 2.24) is 24.4 Å². The first-order valence-corrected chi connectivity index (χ1v) is 8.09. The first kappa shape index (κ1) is 18.9. The van der Waals surface area contributed by atoms with Crippen LogP contribution in [-0.4, -0.2) is 55.6 Å². The summed E-state index contributed by atoms with van der Waals surface area (Å²) in [7, 11) is -1.10. The maximum atomic E-state index is 11.9. The van der Waals surface area contributed by atoms with Crippen LogP contribution < -0.4 is 21.2 Å². The molecule has 5 N–H and O–H groups in total. The Morgan fingerprint density at radius 3 is 2.65 bits per heavy atom. The molecule has 128 valence electrons. The summed E-state index contributed by atoms with van der Waals surface area (Å²) in [5.74, 6) is -0.617. The molecule has 1 rings (SSSR count). The van der Waals surface area contributed by atoms with Gasteiger partial charge in [-0.2, -0.15) is 22.7 Å². The summed E-state index contributed by atoms with van der Waals surface area (Å²) in [6.45, 7) is 2.39. The third-order valence-corrected chi connectivity index (χ3v) is 3.91. The van der Waals surface area contributed by atoms with Crippen LogP contribution in [0.2, 0.25) is 5.15 Å². The molecule has 0 unspecified atom stereocenters. The highest BCUT2D eigenvalue weighted by Gasteiger charge is 2.16. The molecule has 23 heavy (non-hydrogen) atoms. The van der Waals surface area contributed by atoms with Gasteiger partial charge in [-0.05, 0) is 6.92 Å². The third-order valence-electron chi connectivity index (χ3n) is 2.35. The smallest absolute Gasteiger partial charge is 0.316 e. The van der Waals surface area contributed by atoms with E-state index in [1.54, 1.807) is 0 Å². The fourth-order valence-electron chi connectivity index (χ4n) is 1.21. The average molecular weight is 365 g/mol. The lowest BCUT2D eigenvalue weighted by molar-refractivity contribution is 0.0974. The second-order valence-electron chi connectivity index (χ2n) is 4.24. The molecule has 0 saturated heterocycles. The normalized spacial score (nSPS) is 11.7. The van der Waals surface area contributed by atoms with Gasteiger partial charge in [-0.15, -0.1) is 0 Å². The summed E-state index contributed by atoms with van der Waals surface area (Å²) >= 11 is 5.88. The molecule has 0 spiro atoms. The van der Waals surface area contributed by atoms with Crippen molar-refractivity contribution in [2.24, 2.45) is 5.10 Å². The predicted octanol–water partition coefficient (Wildman–Crippen LogP) is -0.787. The van der Waals surface area contributed by atoms with Crippen LogP contribution in [0.5, 0.6) is 0 Å². The lowest BCUT2D eigenvalue weighted by Gasteiger charge is -2.09. The zero-order valence-electron chi connectivity index (χ0n) is 12.7. The number of hydrazone groups is 1. The van der Waals surface area contributed by atoms with Gasteiger partial charge in [-0.3, -0.25) is 4.79 Å². The van der Waals surface area contributed by atoms with Crippen molar-refractivity contribution in [2.75, 3.05) is 31.7 Å². The summed E-state index contributed by atoms with van der Waals surface area (Å²) in [6.07, 6.45) is 0.844. The van der Waals surface area contributed by atoms with Gasteiger partial charge in [0.25, 0.3) is 5.91 Å². The molecule has 0 atom stereocenters. The molecule has 1 aromatic heterocycles. The monoisotopic (exact) mass is 364 g/mol. The number of halogens is 1. The summed E-state index contributed by atoms with van der Waals surface area (Å²) in [6, 6.07) is 0. The largest absolute Gasteiger partial charge is 0.382 e. The SMILES string of the molecule is CCNc1nc(N)c(C(=O)N/C=N/NS(=O)(=O)N(C)C)nc1Cl. The standard InChI is InChI=1S/C10H17ClN8O3S/c1-4-13-9-7(11)16-6(8(12)17-9)10(20)14-5-15-18-23(21,22)19(2)3/h5,18H,4H2,1-3H3,(H3,12,13,17)(H,14,15,20). The molecule has 1 heterocycles. The van der Waals surface area contributed by atoms with E-state index >= 15 is 0 Å². The van der Waals surface area contributed by atoms with Crippen molar-refractivity contribution in [3.8, 4) is 0 Å². The summed E-state index contributed by atoms with van der Waals surface area (Å²) < 4.78 is 23.6. The van der Waals surface area contributed by atoms with E-state index in [1.807, 2.05) is 11.8 Å². The van der Waals surface area contributed by atoms with Gasteiger partial charge in [0.05, 0.1) is 0 Å². The number of carbonyl (C=O) groups excluding carboxylic acids is 1. The van der Waals surface area contributed by atoms with Gasteiger partial charge in [0, 0.05) is 20.6 Å². The highest BCUT2D eigenvalue weighted by Crippen LogP contribution is 2.20. The van der Waals surface area contributed by atoms with Crippen molar-refractivity contribution in [3.63, 3.8) is 0 Å². The van der Waals surface area contributed by atoms with E-state index in [4.69, 9.17) is 17.3 Å². The van der Waals surface area contributed by atoms with Crippen molar-refractivity contribution < 1.29 is 13.2 Å². The molecule has 0 radical (unpaired) electrons. The number of hydrogen-bond donors (Lipinski definition) is 4. The summed E-state index contributed by atoms with van der Waals surface area (Å²) in [5, 5.41) is 8.37. The van der Waals surface area contributed by atoms with Gasteiger partial charge >= 0.3 is 10.2 Å². The molecule has 13 heteroatoms. The Bertz CT molecular complexity index is 706. The number of carbonyl (C=O) groups is 1. The van der Waals surface area contributed by atoms with E-state index < -0.39 is 16.1 Å². The topological polar surface area (TPSA) is 155 Å². The van der Waals surface area contributed by atoms with E-state index in [2.05, 4.69) is 25.7 Å². The Labute approximate surface area is 138 Å². The molecule has 0 aliphatic carbocycles.